The molecule has 0 saturated carbocycles. The van der Waals surface area contributed by atoms with Crippen molar-refractivity contribution in [2.24, 2.45) is 5.73 Å². The lowest BCUT2D eigenvalue weighted by atomic mass is 10.0. The lowest BCUT2D eigenvalue weighted by Crippen LogP contribution is -2.18. The number of nitrogens with two attached hydrogens (primary N) is 1. The summed E-state index contributed by atoms with van der Waals surface area (Å²) in [6.07, 6.45) is 3.09. The molecular formula is C16H21NO3. The Kier molecular flexibility index (Phi) is 4.69. The summed E-state index contributed by atoms with van der Waals surface area (Å²) in [6, 6.07) is 7.90. The molecule has 4 nitrogen and oxygen atoms in total. The van der Waals surface area contributed by atoms with Crippen LogP contribution < -0.4 is 15.2 Å². The van der Waals surface area contributed by atoms with Crippen molar-refractivity contribution < 1.29 is 13.9 Å². The fourth-order valence-electron chi connectivity index (χ4n) is 2.27. The van der Waals surface area contributed by atoms with Crippen molar-refractivity contribution in [1.82, 2.24) is 0 Å². The van der Waals surface area contributed by atoms with Crippen LogP contribution in [0.5, 0.6) is 11.5 Å². The van der Waals surface area contributed by atoms with Crippen molar-refractivity contribution in [3.63, 3.8) is 0 Å². The predicted molar refractivity (Wildman–Crippen MR) is 78.4 cm³/mol. The van der Waals surface area contributed by atoms with E-state index in [1.807, 2.05) is 31.2 Å². The van der Waals surface area contributed by atoms with E-state index in [4.69, 9.17) is 19.6 Å². The SMILES string of the molecule is COc1cc(CC(C)N)c(OC)cc1Cc1ccco1. The molecule has 0 spiro atoms. The van der Waals surface area contributed by atoms with Crippen LogP contribution in [-0.2, 0) is 12.8 Å². The van der Waals surface area contributed by atoms with Gasteiger partial charge in [0.2, 0.25) is 0 Å². The van der Waals surface area contributed by atoms with Gasteiger partial charge >= 0.3 is 0 Å². The van der Waals surface area contributed by atoms with Crippen LogP contribution in [0.4, 0.5) is 0 Å². The first-order valence-electron chi connectivity index (χ1n) is 6.65. The summed E-state index contributed by atoms with van der Waals surface area (Å²) in [5.41, 5.74) is 7.97. The average Bonchev–Trinajstić information content (AvgIpc) is 2.92. The van der Waals surface area contributed by atoms with Crippen LogP contribution in [0.2, 0.25) is 0 Å². The number of ether oxygens (including phenoxy) is 2. The molecule has 1 unspecified atom stereocenters. The number of rotatable bonds is 6. The van der Waals surface area contributed by atoms with Crippen molar-refractivity contribution in [3.8, 4) is 11.5 Å². The molecule has 1 aromatic heterocycles. The third-order valence-electron chi connectivity index (χ3n) is 3.17. The van der Waals surface area contributed by atoms with Gasteiger partial charge in [0.25, 0.3) is 0 Å². The van der Waals surface area contributed by atoms with Crippen LogP contribution in [0.15, 0.2) is 34.9 Å². The molecule has 4 heteroatoms. The lowest BCUT2D eigenvalue weighted by Gasteiger charge is -2.15. The summed E-state index contributed by atoms with van der Waals surface area (Å²) >= 11 is 0. The third kappa shape index (κ3) is 3.33. The van der Waals surface area contributed by atoms with Gasteiger partial charge in [0, 0.05) is 18.0 Å². The van der Waals surface area contributed by atoms with E-state index in [1.54, 1.807) is 20.5 Å². The Morgan fingerprint density at radius 2 is 1.80 bits per heavy atom. The molecule has 0 aliphatic rings. The predicted octanol–water partition coefficient (Wildman–Crippen LogP) is 2.78. The average molecular weight is 275 g/mol. The van der Waals surface area contributed by atoms with Gasteiger partial charge in [0.15, 0.2) is 0 Å². The summed E-state index contributed by atoms with van der Waals surface area (Å²) in [7, 11) is 3.34. The highest BCUT2D eigenvalue weighted by Gasteiger charge is 2.13. The molecule has 0 amide bonds. The summed E-state index contributed by atoms with van der Waals surface area (Å²) in [4.78, 5) is 0. The standard InChI is InChI=1S/C16H21NO3/c1-11(17)7-12-9-16(19-3)13(10-15(12)18-2)8-14-5-4-6-20-14/h4-6,9-11H,7-8,17H2,1-3H3. The second-order valence-electron chi connectivity index (χ2n) is 4.91. The summed E-state index contributed by atoms with van der Waals surface area (Å²) in [5, 5.41) is 0. The molecule has 1 atom stereocenters. The van der Waals surface area contributed by atoms with Crippen molar-refractivity contribution in [1.29, 1.82) is 0 Å². The maximum atomic E-state index is 5.88. The van der Waals surface area contributed by atoms with Gasteiger partial charge in [-0.15, -0.1) is 0 Å². The van der Waals surface area contributed by atoms with E-state index in [0.717, 1.165) is 34.8 Å². The molecule has 1 aromatic carbocycles. The summed E-state index contributed by atoms with van der Waals surface area (Å²) in [6.45, 7) is 1.97. The topological polar surface area (TPSA) is 57.6 Å². The first-order chi connectivity index (χ1) is 9.63. The normalized spacial score (nSPS) is 12.2. The molecule has 108 valence electrons. The van der Waals surface area contributed by atoms with E-state index < -0.39 is 0 Å². The fourth-order valence-corrected chi connectivity index (χ4v) is 2.27. The van der Waals surface area contributed by atoms with Gasteiger partial charge in [0.1, 0.15) is 17.3 Å². The molecule has 2 rings (SSSR count). The third-order valence-corrected chi connectivity index (χ3v) is 3.17. The van der Waals surface area contributed by atoms with Crippen molar-refractivity contribution in [2.45, 2.75) is 25.8 Å². The minimum atomic E-state index is 0.0736. The fraction of sp³-hybridized carbons (Fsp3) is 0.375. The van der Waals surface area contributed by atoms with Gasteiger partial charge in [-0.05, 0) is 43.2 Å². The van der Waals surface area contributed by atoms with Gasteiger partial charge in [-0.2, -0.15) is 0 Å². The van der Waals surface area contributed by atoms with Gasteiger partial charge in [-0.3, -0.25) is 0 Å². The minimum absolute atomic E-state index is 0.0736. The van der Waals surface area contributed by atoms with E-state index >= 15 is 0 Å². The first kappa shape index (κ1) is 14.5. The zero-order valence-electron chi connectivity index (χ0n) is 12.2. The Morgan fingerprint density at radius 1 is 1.15 bits per heavy atom. The van der Waals surface area contributed by atoms with Crippen LogP contribution in [0.25, 0.3) is 0 Å². The Balaban J connectivity index is 2.36. The molecule has 20 heavy (non-hydrogen) atoms. The minimum Gasteiger partial charge on any atom is -0.496 e. The molecule has 0 aliphatic heterocycles. The molecule has 1 heterocycles. The lowest BCUT2D eigenvalue weighted by molar-refractivity contribution is 0.393. The molecular weight excluding hydrogens is 254 g/mol. The van der Waals surface area contributed by atoms with Gasteiger partial charge in [0.05, 0.1) is 20.5 Å². The largest absolute Gasteiger partial charge is 0.496 e. The van der Waals surface area contributed by atoms with E-state index in [-0.39, 0.29) is 6.04 Å². The molecule has 0 saturated heterocycles. The molecule has 0 bridgehead atoms. The Labute approximate surface area is 119 Å². The number of hydrogen-bond acceptors (Lipinski definition) is 4. The highest BCUT2D eigenvalue weighted by Crippen LogP contribution is 2.31. The molecule has 0 aliphatic carbocycles. The highest BCUT2D eigenvalue weighted by molar-refractivity contribution is 5.48. The summed E-state index contributed by atoms with van der Waals surface area (Å²) in [5.74, 6) is 2.56. The van der Waals surface area contributed by atoms with Crippen LogP contribution in [0.1, 0.15) is 23.8 Å². The first-order valence-corrected chi connectivity index (χ1v) is 6.65. The van der Waals surface area contributed by atoms with E-state index in [9.17, 15) is 0 Å². The monoisotopic (exact) mass is 275 g/mol. The van der Waals surface area contributed by atoms with Gasteiger partial charge < -0.3 is 19.6 Å². The van der Waals surface area contributed by atoms with Crippen molar-refractivity contribution in [3.05, 3.63) is 47.4 Å². The maximum Gasteiger partial charge on any atom is 0.123 e. The second-order valence-corrected chi connectivity index (χ2v) is 4.91. The Hall–Kier alpha value is -1.94. The quantitative estimate of drug-likeness (QED) is 0.880. The van der Waals surface area contributed by atoms with Crippen molar-refractivity contribution >= 4 is 0 Å². The number of benzene rings is 1. The number of furan rings is 1. The smallest absolute Gasteiger partial charge is 0.123 e. The van der Waals surface area contributed by atoms with Crippen LogP contribution in [-0.4, -0.2) is 20.3 Å². The van der Waals surface area contributed by atoms with Gasteiger partial charge in [-0.25, -0.2) is 0 Å². The van der Waals surface area contributed by atoms with Crippen LogP contribution in [0, 0.1) is 0 Å². The number of methoxy groups -OCH3 is 2. The van der Waals surface area contributed by atoms with Crippen LogP contribution >= 0.6 is 0 Å². The molecule has 2 aromatic rings. The summed E-state index contributed by atoms with van der Waals surface area (Å²) < 4.78 is 16.3. The molecule has 0 fully saturated rings. The molecule has 0 radical (unpaired) electrons. The molecule has 2 N–H and O–H groups in total. The van der Waals surface area contributed by atoms with Crippen molar-refractivity contribution in [2.75, 3.05) is 14.2 Å². The maximum absolute atomic E-state index is 5.88. The zero-order chi connectivity index (χ0) is 14.5. The second kappa shape index (κ2) is 6.48. The zero-order valence-corrected chi connectivity index (χ0v) is 12.2. The number of hydrogen-bond donors (Lipinski definition) is 1. The highest BCUT2D eigenvalue weighted by atomic mass is 16.5. The van der Waals surface area contributed by atoms with E-state index in [2.05, 4.69) is 0 Å². The van der Waals surface area contributed by atoms with Crippen LogP contribution in [0.3, 0.4) is 0 Å². The van der Waals surface area contributed by atoms with E-state index in [1.165, 1.54) is 0 Å². The Morgan fingerprint density at radius 3 is 2.35 bits per heavy atom. The Bertz CT molecular complexity index is 547. The van der Waals surface area contributed by atoms with E-state index in [0.29, 0.717) is 6.42 Å². The van der Waals surface area contributed by atoms with Gasteiger partial charge in [-0.1, -0.05) is 0 Å².